The maximum Gasteiger partial charge on any atom is 0.513 e. The fourth-order valence-electron chi connectivity index (χ4n) is 3.45. The molecule has 2 fully saturated rings. The zero-order valence-corrected chi connectivity index (χ0v) is 17.2. The molecule has 0 radical (unpaired) electrons. The molecule has 0 spiro atoms. The van der Waals surface area contributed by atoms with Crippen LogP contribution in [0.25, 0.3) is 0 Å². The van der Waals surface area contributed by atoms with Crippen LogP contribution in [-0.4, -0.2) is 55.0 Å². The first-order valence-corrected chi connectivity index (χ1v) is 9.80. The van der Waals surface area contributed by atoms with Crippen molar-refractivity contribution >= 4 is 18.8 Å². The van der Waals surface area contributed by atoms with Gasteiger partial charge in [-0.2, -0.15) is 0 Å². The lowest BCUT2D eigenvalue weighted by molar-refractivity contribution is 0.0198. The van der Waals surface area contributed by atoms with Crippen molar-refractivity contribution in [1.82, 2.24) is 9.88 Å². The van der Waals surface area contributed by atoms with Crippen LogP contribution in [0.2, 0.25) is 0 Å². The van der Waals surface area contributed by atoms with Gasteiger partial charge in [-0.3, -0.25) is 4.98 Å². The molecule has 0 N–H and O–H groups in total. The second-order valence-corrected chi connectivity index (χ2v) is 9.40. The second kappa shape index (κ2) is 7.80. The minimum absolute atomic E-state index is 0.0331. The van der Waals surface area contributed by atoms with Crippen LogP contribution in [0.4, 0.5) is 4.79 Å². The lowest BCUT2D eigenvalue weighted by Crippen LogP contribution is -2.48. The minimum Gasteiger partial charge on any atom is -0.444 e. The maximum absolute atomic E-state index is 12.4. The molecular formula is C20H31BN2O4. The van der Waals surface area contributed by atoms with Crippen LogP contribution < -0.4 is 5.59 Å². The number of amides is 1. The van der Waals surface area contributed by atoms with Crippen LogP contribution in [0.15, 0.2) is 18.3 Å². The Bertz CT molecular complexity index is 664. The second-order valence-electron chi connectivity index (χ2n) is 9.40. The standard InChI is InChI=1S/C20H31BN2O4/c1-19(2,3)27-18(24)23-10-6-7-16(12-23)15-8-9-22-17(11-15)21-25-13-20(4,5)14-26-21/h8-9,11,16H,6-7,10,12-14H2,1-5H3. The Balaban J connectivity index is 1.67. The Kier molecular flexibility index (Phi) is 5.82. The predicted octanol–water partition coefficient (Wildman–Crippen LogP) is 2.96. The molecule has 7 heteroatoms. The van der Waals surface area contributed by atoms with Crippen molar-refractivity contribution in [2.24, 2.45) is 5.41 Å². The average molecular weight is 374 g/mol. The van der Waals surface area contributed by atoms with Gasteiger partial charge in [-0.05, 0) is 51.3 Å². The summed E-state index contributed by atoms with van der Waals surface area (Å²) in [5.74, 6) is 0.271. The molecule has 0 bridgehead atoms. The highest BCUT2D eigenvalue weighted by Gasteiger charge is 2.35. The van der Waals surface area contributed by atoms with Gasteiger partial charge in [-0.1, -0.05) is 13.8 Å². The van der Waals surface area contributed by atoms with E-state index in [1.54, 1.807) is 0 Å². The lowest BCUT2D eigenvalue weighted by Gasteiger charge is -2.35. The number of pyridine rings is 1. The van der Waals surface area contributed by atoms with Crippen LogP contribution >= 0.6 is 0 Å². The number of aromatic nitrogens is 1. The summed E-state index contributed by atoms with van der Waals surface area (Å²) >= 11 is 0. The van der Waals surface area contributed by atoms with Crippen molar-refractivity contribution in [3.63, 3.8) is 0 Å². The van der Waals surface area contributed by atoms with Gasteiger partial charge in [0.2, 0.25) is 0 Å². The molecule has 1 aromatic heterocycles. The molecule has 148 valence electrons. The van der Waals surface area contributed by atoms with Crippen molar-refractivity contribution in [1.29, 1.82) is 0 Å². The molecule has 6 nitrogen and oxygen atoms in total. The molecule has 2 aliphatic heterocycles. The van der Waals surface area contributed by atoms with Crippen LogP contribution in [0.3, 0.4) is 0 Å². The highest BCUT2D eigenvalue weighted by atomic mass is 16.6. The molecule has 1 amide bonds. The Morgan fingerprint density at radius 3 is 2.70 bits per heavy atom. The summed E-state index contributed by atoms with van der Waals surface area (Å²) in [5.41, 5.74) is 1.53. The molecule has 1 unspecified atom stereocenters. The predicted molar refractivity (Wildman–Crippen MR) is 105 cm³/mol. The monoisotopic (exact) mass is 374 g/mol. The van der Waals surface area contributed by atoms with E-state index >= 15 is 0 Å². The normalized spacial score (nSPS) is 23.2. The van der Waals surface area contributed by atoms with Gasteiger partial charge >= 0.3 is 13.2 Å². The van der Waals surface area contributed by atoms with E-state index in [2.05, 4.69) is 24.9 Å². The highest BCUT2D eigenvalue weighted by Crippen LogP contribution is 2.28. The number of carbonyl (C=O) groups excluding carboxylic acids is 1. The summed E-state index contributed by atoms with van der Waals surface area (Å²) in [5, 5.41) is 0. The van der Waals surface area contributed by atoms with Crippen molar-refractivity contribution < 1.29 is 18.8 Å². The maximum atomic E-state index is 12.4. The summed E-state index contributed by atoms with van der Waals surface area (Å²) in [4.78, 5) is 18.7. The number of rotatable bonds is 2. The van der Waals surface area contributed by atoms with Crippen LogP contribution in [0, 0.1) is 5.41 Å². The molecular weight excluding hydrogens is 343 g/mol. The third-order valence-corrected chi connectivity index (χ3v) is 4.84. The lowest BCUT2D eigenvalue weighted by atomic mass is 9.78. The Labute approximate surface area is 162 Å². The number of hydrogen-bond acceptors (Lipinski definition) is 5. The molecule has 0 aliphatic carbocycles. The fourth-order valence-corrected chi connectivity index (χ4v) is 3.45. The number of piperidine rings is 1. The molecule has 1 atom stereocenters. The van der Waals surface area contributed by atoms with Crippen LogP contribution in [-0.2, 0) is 14.0 Å². The fraction of sp³-hybridized carbons (Fsp3) is 0.700. The van der Waals surface area contributed by atoms with E-state index in [4.69, 9.17) is 14.0 Å². The first-order valence-electron chi connectivity index (χ1n) is 9.80. The van der Waals surface area contributed by atoms with Gasteiger partial charge in [0.1, 0.15) is 5.60 Å². The number of nitrogens with zero attached hydrogens (tertiary/aromatic N) is 2. The molecule has 3 rings (SSSR count). The quantitative estimate of drug-likeness (QED) is 0.745. The summed E-state index contributed by atoms with van der Waals surface area (Å²) < 4.78 is 17.3. The Morgan fingerprint density at radius 2 is 2.04 bits per heavy atom. The summed E-state index contributed by atoms with van der Waals surface area (Å²) in [7, 11) is -0.413. The van der Waals surface area contributed by atoms with Gasteiger partial charge in [-0.25, -0.2) is 4.79 Å². The average Bonchev–Trinajstić information content (AvgIpc) is 2.60. The van der Waals surface area contributed by atoms with Gasteiger partial charge in [0.15, 0.2) is 0 Å². The van der Waals surface area contributed by atoms with Gasteiger partial charge in [-0.15, -0.1) is 0 Å². The Hall–Kier alpha value is -1.60. The van der Waals surface area contributed by atoms with E-state index < -0.39 is 12.7 Å². The van der Waals surface area contributed by atoms with E-state index in [9.17, 15) is 4.79 Å². The first-order chi connectivity index (χ1) is 12.6. The number of ether oxygens (including phenoxy) is 1. The third kappa shape index (κ3) is 5.45. The summed E-state index contributed by atoms with van der Waals surface area (Å²) in [6.07, 6.45) is 3.58. The SMILES string of the molecule is CC1(C)COB(c2cc(C3CCCN(C(=O)OC(C)(C)C)C3)ccn2)OC1. The van der Waals surface area contributed by atoms with Gasteiger partial charge < -0.3 is 18.9 Å². The van der Waals surface area contributed by atoms with E-state index in [0.29, 0.717) is 19.8 Å². The minimum atomic E-state index is -0.475. The van der Waals surface area contributed by atoms with Crippen molar-refractivity contribution in [3.8, 4) is 0 Å². The first kappa shape index (κ1) is 20.1. The molecule has 0 saturated carbocycles. The summed E-state index contributed by atoms with van der Waals surface area (Å²) in [6, 6.07) is 4.09. The van der Waals surface area contributed by atoms with Gasteiger partial charge in [0.25, 0.3) is 0 Å². The highest BCUT2D eigenvalue weighted by molar-refractivity contribution is 6.60. The molecule has 27 heavy (non-hydrogen) atoms. The molecule has 1 aromatic rings. The van der Waals surface area contributed by atoms with Crippen LogP contribution in [0.5, 0.6) is 0 Å². The van der Waals surface area contributed by atoms with Gasteiger partial charge in [0.05, 0.1) is 5.59 Å². The van der Waals surface area contributed by atoms with E-state index in [1.807, 2.05) is 37.9 Å². The Morgan fingerprint density at radius 1 is 1.33 bits per heavy atom. The zero-order chi connectivity index (χ0) is 19.7. The molecule has 3 heterocycles. The smallest absolute Gasteiger partial charge is 0.444 e. The van der Waals surface area contributed by atoms with E-state index in [1.165, 1.54) is 5.56 Å². The third-order valence-electron chi connectivity index (χ3n) is 4.84. The molecule has 2 aliphatic rings. The summed E-state index contributed by atoms with van der Waals surface area (Å²) in [6.45, 7) is 12.7. The van der Waals surface area contributed by atoms with Crippen LogP contribution in [0.1, 0.15) is 58.9 Å². The molecule has 0 aromatic carbocycles. The number of hydrogen-bond donors (Lipinski definition) is 0. The van der Waals surface area contributed by atoms with Crippen molar-refractivity contribution in [3.05, 3.63) is 23.9 Å². The zero-order valence-electron chi connectivity index (χ0n) is 17.2. The van der Waals surface area contributed by atoms with Crippen molar-refractivity contribution in [2.75, 3.05) is 26.3 Å². The molecule has 2 saturated heterocycles. The topological polar surface area (TPSA) is 60.9 Å². The van der Waals surface area contributed by atoms with Gasteiger partial charge in [0, 0.05) is 43.8 Å². The number of likely N-dealkylation sites (tertiary alicyclic amines) is 1. The van der Waals surface area contributed by atoms with E-state index in [0.717, 1.165) is 25.0 Å². The largest absolute Gasteiger partial charge is 0.513 e. The van der Waals surface area contributed by atoms with Crippen molar-refractivity contribution in [2.45, 2.75) is 59.0 Å². The van der Waals surface area contributed by atoms with E-state index in [-0.39, 0.29) is 17.4 Å². The number of carbonyl (C=O) groups is 1.